The van der Waals surface area contributed by atoms with Crippen molar-refractivity contribution in [1.82, 2.24) is 14.5 Å². The van der Waals surface area contributed by atoms with Crippen molar-refractivity contribution in [2.75, 3.05) is 27.3 Å². The molecule has 0 saturated carbocycles. The Morgan fingerprint density at radius 3 is 2.96 bits per heavy atom. The van der Waals surface area contributed by atoms with Crippen molar-refractivity contribution in [1.29, 1.82) is 0 Å². The summed E-state index contributed by atoms with van der Waals surface area (Å²) in [6.07, 6.45) is 4.84. The van der Waals surface area contributed by atoms with Gasteiger partial charge < -0.3 is 18.9 Å². The lowest BCUT2D eigenvalue weighted by Crippen LogP contribution is -2.36. The first-order valence-corrected chi connectivity index (χ1v) is 8.57. The first-order valence-electron chi connectivity index (χ1n) is 8.57. The van der Waals surface area contributed by atoms with Crippen LogP contribution in [0.15, 0.2) is 36.7 Å². The van der Waals surface area contributed by atoms with Crippen LogP contribution in [-0.2, 0) is 23.0 Å². The molecule has 2 aromatic rings. The Bertz CT molecular complexity index is 728. The fraction of sp³-hybridized carbons (Fsp3) is 0.474. The van der Waals surface area contributed by atoms with Gasteiger partial charge in [-0.25, -0.2) is 4.98 Å². The Kier molecular flexibility index (Phi) is 5.38. The van der Waals surface area contributed by atoms with Gasteiger partial charge in [-0.15, -0.1) is 0 Å². The number of benzene rings is 1. The summed E-state index contributed by atoms with van der Waals surface area (Å²) < 4.78 is 13.1. The van der Waals surface area contributed by atoms with Gasteiger partial charge in [0.15, 0.2) is 0 Å². The number of methoxy groups -OCH3 is 1. The summed E-state index contributed by atoms with van der Waals surface area (Å²) in [6, 6.07) is 7.91. The molecule has 1 saturated heterocycles. The number of nitrogens with zero attached hydrogens (tertiary/aromatic N) is 3. The highest BCUT2D eigenvalue weighted by atomic mass is 16.5. The molecule has 1 aromatic carbocycles. The number of ether oxygens (including phenoxy) is 2. The summed E-state index contributed by atoms with van der Waals surface area (Å²) in [5.41, 5.74) is 1.10. The third kappa shape index (κ3) is 3.69. The summed E-state index contributed by atoms with van der Waals surface area (Å²) in [6.45, 7) is 1.23. The number of hydrogen-bond acceptors (Lipinski definition) is 4. The number of carbonyl (C=O) groups is 1. The van der Waals surface area contributed by atoms with Crippen LogP contribution in [0.2, 0.25) is 0 Å². The number of likely N-dealkylation sites (N-methyl/N-ethyl adjacent to an activating group) is 1. The van der Waals surface area contributed by atoms with Crippen molar-refractivity contribution in [3.05, 3.63) is 48.0 Å². The monoisotopic (exact) mass is 343 g/mol. The number of hydrogen-bond donors (Lipinski definition) is 0. The smallest absolute Gasteiger partial charge is 0.228 e. The molecule has 2 atom stereocenters. The average molecular weight is 343 g/mol. The maximum Gasteiger partial charge on any atom is 0.228 e. The molecule has 1 aliphatic rings. The van der Waals surface area contributed by atoms with Crippen molar-refractivity contribution in [3.63, 3.8) is 0 Å². The molecule has 0 spiro atoms. The van der Waals surface area contributed by atoms with Crippen LogP contribution < -0.4 is 4.74 Å². The Morgan fingerprint density at radius 1 is 1.44 bits per heavy atom. The van der Waals surface area contributed by atoms with E-state index in [0.29, 0.717) is 13.2 Å². The molecule has 6 nitrogen and oxygen atoms in total. The van der Waals surface area contributed by atoms with Gasteiger partial charge in [0, 0.05) is 39.6 Å². The normalized spacial score (nSPS) is 19.8. The molecule has 0 N–H and O–H groups in total. The van der Waals surface area contributed by atoms with Crippen LogP contribution in [0.5, 0.6) is 5.75 Å². The van der Waals surface area contributed by atoms with Gasteiger partial charge in [0.05, 0.1) is 13.0 Å². The number of para-hydroxylation sites is 1. The fourth-order valence-electron chi connectivity index (χ4n) is 3.34. The van der Waals surface area contributed by atoms with Gasteiger partial charge in [0.2, 0.25) is 5.91 Å². The SMILES string of the molecule is COc1ccccc1CCN(C)C(=O)[C@@H]1CCO[C@H]1c1nccn1C. The van der Waals surface area contributed by atoms with Crippen molar-refractivity contribution < 1.29 is 14.3 Å². The number of imidazole rings is 1. The van der Waals surface area contributed by atoms with Crippen molar-refractivity contribution in [3.8, 4) is 5.75 Å². The zero-order valence-corrected chi connectivity index (χ0v) is 15.0. The summed E-state index contributed by atoms with van der Waals surface area (Å²) >= 11 is 0. The van der Waals surface area contributed by atoms with Crippen molar-refractivity contribution >= 4 is 5.91 Å². The van der Waals surface area contributed by atoms with E-state index in [9.17, 15) is 4.79 Å². The molecular weight excluding hydrogens is 318 g/mol. The van der Waals surface area contributed by atoms with Crippen LogP contribution in [-0.4, -0.2) is 47.7 Å². The van der Waals surface area contributed by atoms with Gasteiger partial charge in [0.1, 0.15) is 17.7 Å². The van der Waals surface area contributed by atoms with Crippen molar-refractivity contribution in [2.45, 2.75) is 18.9 Å². The lowest BCUT2D eigenvalue weighted by Gasteiger charge is -2.24. The zero-order valence-electron chi connectivity index (χ0n) is 15.0. The quantitative estimate of drug-likeness (QED) is 0.807. The van der Waals surface area contributed by atoms with E-state index >= 15 is 0 Å². The summed E-state index contributed by atoms with van der Waals surface area (Å²) in [7, 11) is 5.45. The van der Waals surface area contributed by atoms with Gasteiger partial charge in [-0.05, 0) is 24.5 Å². The molecule has 0 bridgehead atoms. The molecule has 2 heterocycles. The number of rotatable bonds is 6. The molecule has 1 fully saturated rings. The van der Waals surface area contributed by atoms with Crippen LogP contribution in [0.1, 0.15) is 23.9 Å². The minimum absolute atomic E-state index is 0.111. The maximum atomic E-state index is 12.9. The van der Waals surface area contributed by atoms with Gasteiger partial charge in [-0.1, -0.05) is 18.2 Å². The van der Waals surface area contributed by atoms with Crippen LogP contribution in [0.25, 0.3) is 0 Å². The highest BCUT2D eigenvalue weighted by Gasteiger charge is 2.38. The molecule has 6 heteroatoms. The molecule has 0 unspecified atom stereocenters. The molecule has 0 radical (unpaired) electrons. The van der Waals surface area contributed by atoms with E-state index in [1.165, 1.54) is 0 Å². The van der Waals surface area contributed by atoms with E-state index in [4.69, 9.17) is 9.47 Å². The fourth-order valence-corrected chi connectivity index (χ4v) is 3.34. The number of aryl methyl sites for hydroxylation is 1. The van der Waals surface area contributed by atoms with Crippen LogP contribution in [0.4, 0.5) is 0 Å². The number of aromatic nitrogens is 2. The first-order chi connectivity index (χ1) is 12.1. The summed E-state index contributed by atoms with van der Waals surface area (Å²) in [5, 5.41) is 0. The largest absolute Gasteiger partial charge is 0.496 e. The minimum atomic E-state index is -0.263. The molecule has 25 heavy (non-hydrogen) atoms. The second-order valence-corrected chi connectivity index (χ2v) is 6.40. The number of carbonyl (C=O) groups excluding carboxylic acids is 1. The highest BCUT2D eigenvalue weighted by Crippen LogP contribution is 2.34. The lowest BCUT2D eigenvalue weighted by molar-refractivity contribution is -0.136. The van der Waals surface area contributed by atoms with E-state index in [-0.39, 0.29) is 17.9 Å². The highest BCUT2D eigenvalue weighted by molar-refractivity contribution is 5.79. The molecular formula is C19H25N3O3. The van der Waals surface area contributed by atoms with Crippen LogP contribution in [0.3, 0.4) is 0 Å². The second-order valence-electron chi connectivity index (χ2n) is 6.40. The van der Waals surface area contributed by atoms with E-state index < -0.39 is 0 Å². The molecule has 3 rings (SSSR count). The second kappa shape index (κ2) is 7.70. The third-order valence-corrected chi connectivity index (χ3v) is 4.81. The Hall–Kier alpha value is -2.34. The molecule has 134 valence electrons. The van der Waals surface area contributed by atoms with Crippen LogP contribution in [0, 0.1) is 5.92 Å². The third-order valence-electron chi connectivity index (χ3n) is 4.81. The first kappa shape index (κ1) is 17.5. The predicted molar refractivity (Wildman–Crippen MR) is 94.3 cm³/mol. The Morgan fingerprint density at radius 2 is 2.24 bits per heavy atom. The average Bonchev–Trinajstić information content (AvgIpc) is 3.27. The van der Waals surface area contributed by atoms with Gasteiger partial charge in [-0.3, -0.25) is 4.79 Å². The zero-order chi connectivity index (χ0) is 17.8. The molecule has 1 aliphatic heterocycles. The maximum absolute atomic E-state index is 12.9. The standard InChI is InChI=1S/C19H25N3O3/c1-21-12-10-20-18(21)17-15(9-13-25-17)19(23)22(2)11-8-14-6-4-5-7-16(14)24-3/h4-7,10,12,15,17H,8-9,11,13H2,1-3H3/t15-,17-/m1/s1. The molecule has 1 aromatic heterocycles. The van der Waals surface area contributed by atoms with Gasteiger partial charge in [0.25, 0.3) is 0 Å². The topological polar surface area (TPSA) is 56.6 Å². The van der Waals surface area contributed by atoms with E-state index in [2.05, 4.69) is 4.98 Å². The Labute approximate surface area is 148 Å². The van der Waals surface area contributed by atoms with Gasteiger partial charge >= 0.3 is 0 Å². The van der Waals surface area contributed by atoms with Crippen LogP contribution >= 0.6 is 0 Å². The van der Waals surface area contributed by atoms with E-state index in [1.807, 2.05) is 49.1 Å². The predicted octanol–water partition coefficient (Wildman–Crippen LogP) is 2.21. The minimum Gasteiger partial charge on any atom is -0.496 e. The molecule has 0 aliphatic carbocycles. The summed E-state index contributed by atoms with van der Waals surface area (Å²) in [4.78, 5) is 19.1. The van der Waals surface area contributed by atoms with E-state index in [1.54, 1.807) is 18.2 Å². The summed E-state index contributed by atoms with van der Waals surface area (Å²) in [5.74, 6) is 1.61. The van der Waals surface area contributed by atoms with Gasteiger partial charge in [-0.2, -0.15) is 0 Å². The van der Waals surface area contributed by atoms with Crippen molar-refractivity contribution in [2.24, 2.45) is 13.0 Å². The number of amides is 1. The van der Waals surface area contributed by atoms with E-state index in [0.717, 1.165) is 30.0 Å². The molecule has 1 amide bonds. The lowest BCUT2D eigenvalue weighted by atomic mass is 9.99. The Balaban J connectivity index is 1.65.